The zero-order valence-corrected chi connectivity index (χ0v) is 12.6. The third-order valence-corrected chi connectivity index (χ3v) is 5.75. The molecule has 0 aliphatic carbocycles. The summed E-state index contributed by atoms with van der Waals surface area (Å²) < 4.78 is 31.8. The van der Waals surface area contributed by atoms with Gasteiger partial charge in [-0.2, -0.15) is 0 Å². The van der Waals surface area contributed by atoms with E-state index in [0.717, 1.165) is 4.88 Å². The van der Waals surface area contributed by atoms with Crippen molar-refractivity contribution in [3.63, 3.8) is 0 Å². The quantitative estimate of drug-likeness (QED) is 0.731. The Labute approximate surface area is 114 Å². The minimum Gasteiger partial charge on any atom is -0.385 e. The van der Waals surface area contributed by atoms with E-state index in [0.29, 0.717) is 29.9 Å². The van der Waals surface area contributed by atoms with E-state index >= 15 is 0 Å². The molecule has 1 heterocycles. The number of nitrogens with one attached hydrogen (secondary N) is 1. The first-order valence-corrected chi connectivity index (χ1v) is 8.07. The Kier molecular flexibility index (Phi) is 6.04. The maximum Gasteiger partial charge on any atom is 0.242 e. The van der Waals surface area contributed by atoms with Crippen molar-refractivity contribution in [3.05, 3.63) is 14.7 Å². The van der Waals surface area contributed by atoms with Crippen LogP contribution in [0.25, 0.3) is 0 Å². The predicted octanol–water partition coefficient (Wildman–Crippen LogP) is 1.28. The van der Waals surface area contributed by atoms with E-state index in [1.165, 1.54) is 11.3 Å². The molecule has 0 aromatic carbocycles. The monoisotopic (exact) mass is 342 g/mol. The number of nitrogens with two attached hydrogens (primary N) is 1. The van der Waals surface area contributed by atoms with Gasteiger partial charge < -0.3 is 10.5 Å². The first-order chi connectivity index (χ1) is 8.01. The molecule has 8 heteroatoms. The highest BCUT2D eigenvalue weighted by Crippen LogP contribution is 2.31. The van der Waals surface area contributed by atoms with E-state index < -0.39 is 10.0 Å². The maximum absolute atomic E-state index is 11.9. The van der Waals surface area contributed by atoms with Crippen molar-refractivity contribution in [2.24, 2.45) is 5.73 Å². The number of rotatable bonds is 7. The second-order valence-corrected chi connectivity index (χ2v) is 7.49. The normalized spacial score (nSPS) is 11.9. The second kappa shape index (κ2) is 6.81. The van der Waals surface area contributed by atoms with Gasteiger partial charge in [0.05, 0.1) is 3.79 Å². The Morgan fingerprint density at radius 1 is 1.59 bits per heavy atom. The highest BCUT2D eigenvalue weighted by molar-refractivity contribution is 9.11. The molecule has 0 bridgehead atoms. The summed E-state index contributed by atoms with van der Waals surface area (Å²) in [6.45, 7) is 1.22. The van der Waals surface area contributed by atoms with Gasteiger partial charge in [-0.3, -0.25) is 0 Å². The molecule has 0 unspecified atom stereocenters. The van der Waals surface area contributed by atoms with Crippen LogP contribution in [-0.2, 0) is 21.3 Å². The average Bonchev–Trinajstić information content (AvgIpc) is 2.67. The first kappa shape index (κ1) is 15.1. The van der Waals surface area contributed by atoms with Crippen LogP contribution in [0.1, 0.15) is 11.3 Å². The number of ether oxygens (including phenoxy) is 1. The van der Waals surface area contributed by atoms with E-state index in [9.17, 15) is 8.42 Å². The van der Waals surface area contributed by atoms with E-state index in [4.69, 9.17) is 10.5 Å². The Morgan fingerprint density at radius 3 is 2.82 bits per heavy atom. The molecule has 98 valence electrons. The van der Waals surface area contributed by atoms with Gasteiger partial charge in [-0.25, -0.2) is 13.1 Å². The van der Waals surface area contributed by atoms with Crippen LogP contribution in [0.4, 0.5) is 0 Å². The Morgan fingerprint density at radius 2 is 2.29 bits per heavy atom. The summed E-state index contributed by atoms with van der Waals surface area (Å²) in [5.74, 6) is 0. The molecule has 0 radical (unpaired) electrons. The molecule has 0 aliphatic heterocycles. The number of methoxy groups -OCH3 is 1. The van der Waals surface area contributed by atoms with Crippen LogP contribution < -0.4 is 10.5 Å². The Bertz CT molecular complexity index is 459. The van der Waals surface area contributed by atoms with Gasteiger partial charge >= 0.3 is 0 Å². The molecule has 0 amide bonds. The lowest BCUT2D eigenvalue weighted by Crippen LogP contribution is -2.25. The third kappa shape index (κ3) is 4.31. The molecule has 1 aromatic heterocycles. The number of halogens is 1. The van der Waals surface area contributed by atoms with Gasteiger partial charge in [-0.1, -0.05) is 0 Å². The summed E-state index contributed by atoms with van der Waals surface area (Å²) in [6.07, 6.45) is 0.640. The molecule has 0 aliphatic rings. The lowest BCUT2D eigenvalue weighted by molar-refractivity contribution is 0.196. The van der Waals surface area contributed by atoms with Gasteiger partial charge in [0.25, 0.3) is 0 Å². The smallest absolute Gasteiger partial charge is 0.242 e. The van der Waals surface area contributed by atoms with Crippen LogP contribution in [0, 0.1) is 0 Å². The molecule has 0 saturated heterocycles. The van der Waals surface area contributed by atoms with Crippen molar-refractivity contribution in [1.82, 2.24) is 4.72 Å². The van der Waals surface area contributed by atoms with Gasteiger partial charge in [-0.05, 0) is 28.4 Å². The van der Waals surface area contributed by atoms with Gasteiger partial charge in [0.1, 0.15) is 4.90 Å². The van der Waals surface area contributed by atoms with Crippen LogP contribution in [-0.4, -0.2) is 28.7 Å². The number of hydrogen-bond acceptors (Lipinski definition) is 5. The standard InChI is InChI=1S/C9H15BrN2O3S2/c1-15-4-2-3-12-17(13,14)8-5-7(6-11)16-9(8)10/h5,12H,2-4,6,11H2,1H3. The van der Waals surface area contributed by atoms with Crippen LogP contribution in [0.3, 0.4) is 0 Å². The van der Waals surface area contributed by atoms with Gasteiger partial charge in [-0.15, -0.1) is 11.3 Å². The van der Waals surface area contributed by atoms with Gasteiger partial charge in [0.15, 0.2) is 0 Å². The van der Waals surface area contributed by atoms with Gasteiger partial charge in [0.2, 0.25) is 10.0 Å². The average molecular weight is 343 g/mol. The maximum atomic E-state index is 11.9. The van der Waals surface area contributed by atoms with Crippen LogP contribution >= 0.6 is 27.3 Å². The molecule has 17 heavy (non-hydrogen) atoms. The molecule has 0 atom stereocenters. The fraction of sp³-hybridized carbons (Fsp3) is 0.556. The number of hydrogen-bond donors (Lipinski definition) is 2. The van der Waals surface area contributed by atoms with E-state index in [1.54, 1.807) is 13.2 Å². The van der Waals surface area contributed by atoms with Crippen molar-refractivity contribution in [2.45, 2.75) is 17.9 Å². The van der Waals surface area contributed by atoms with Crippen molar-refractivity contribution < 1.29 is 13.2 Å². The van der Waals surface area contributed by atoms with E-state index in [2.05, 4.69) is 20.7 Å². The molecule has 0 fully saturated rings. The molecule has 1 aromatic rings. The molecule has 3 N–H and O–H groups in total. The minimum absolute atomic E-state index is 0.250. The van der Waals surface area contributed by atoms with Crippen molar-refractivity contribution >= 4 is 37.3 Å². The summed E-state index contributed by atoms with van der Waals surface area (Å²) in [5.41, 5.74) is 5.47. The zero-order valence-electron chi connectivity index (χ0n) is 9.40. The molecular weight excluding hydrogens is 328 g/mol. The predicted molar refractivity (Wildman–Crippen MR) is 71.6 cm³/mol. The highest BCUT2D eigenvalue weighted by atomic mass is 79.9. The topological polar surface area (TPSA) is 81.4 Å². The van der Waals surface area contributed by atoms with Crippen molar-refractivity contribution in [1.29, 1.82) is 0 Å². The largest absolute Gasteiger partial charge is 0.385 e. The van der Waals surface area contributed by atoms with E-state index in [-0.39, 0.29) is 4.90 Å². The van der Waals surface area contributed by atoms with Crippen LogP contribution in [0.5, 0.6) is 0 Å². The fourth-order valence-corrected chi connectivity index (χ4v) is 4.82. The van der Waals surface area contributed by atoms with Gasteiger partial charge in [0, 0.05) is 31.7 Å². The third-order valence-electron chi connectivity index (χ3n) is 2.01. The zero-order chi connectivity index (χ0) is 12.9. The fourth-order valence-electron chi connectivity index (χ4n) is 1.18. The summed E-state index contributed by atoms with van der Waals surface area (Å²) in [6, 6.07) is 1.59. The Balaban J connectivity index is 2.72. The summed E-state index contributed by atoms with van der Waals surface area (Å²) in [5, 5.41) is 0. The van der Waals surface area contributed by atoms with Crippen LogP contribution in [0.2, 0.25) is 0 Å². The summed E-state index contributed by atoms with van der Waals surface area (Å²) in [4.78, 5) is 1.08. The highest BCUT2D eigenvalue weighted by Gasteiger charge is 2.19. The molecular formula is C9H15BrN2O3S2. The second-order valence-electron chi connectivity index (χ2n) is 3.30. The van der Waals surface area contributed by atoms with E-state index in [1.807, 2.05) is 0 Å². The number of thiophene rings is 1. The molecule has 1 rings (SSSR count). The van der Waals surface area contributed by atoms with Crippen molar-refractivity contribution in [2.75, 3.05) is 20.3 Å². The SMILES string of the molecule is COCCCNS(=O)(=O)c1cc(CN)sc1Br. The number of sulfonamides is 1. The van der Waals surface area contributed by atoms with Crippen LogP contribution in [0.15, 0.2) is 14.7 Å². The summed E-state index contributed by atoms with van der Waals surface area (Å²) >= 11 is 4.57. The molecule has 0 saturated carbocycles. The molecule has 5 nitrogen and oxygen atoms in total. The molecule has 0 spiro atoms. The van der Waals surface area contributed by atoms with Crippen molar-refractivity contribution in [3.8, 4) is 0 Å². The first-order valence-electron chi connectivity index (χ1n) is 4.98. The lowest BCUT2D eigenvalue weighted by atomic mass is 10.5. The minimum atomic E-state index is -3.46. The lowest BCUT2D eigenvalue weighted by Gasteiger charge is -2.05. The Hall–Kier alpha value is 0.01000. The summed E-state index contributed by atoms with van der Waals surface area (Å²) in [7, 11) is -1.88.